The SMILES string of the molecule is Cc1cccc(Cn2cccc2CN(C(=O)Cc2ccccc2)C2CCCCC2)c1. The number of rotatable bonds is 7. The lowest BCUT2D eigenvalue weighted by molar-refractivity contribution is -0.134. The van der Waals surface area contributed by atoms with Crippen LogP contribution in [0.2, 0.25) is 0 Å². The quantitative estimate of drug-likeness (QED) is 0.496. The first-order valence-corrected chi connectivity index (χ1v) is 11.2. The summed E-state index contributed by atoms with van der Waals surface area (Å²) in [5.41, 5.74) is 4.89. The van der Waals surface area contributed by atoms with Gasteiger partial charge in [-0.2, -0.15) is 0 Å². The Morgan fingerprint density at radius 3 is 2.47 bits per heavy atom. The van der Waals surface area contributed by atoms with Gasteiger partial charge >= 0.3 is 0 Å². The Morgan fingerprint density at radius 2 is 1.70 bits per heavy atom. The van der Waals surface area contributed by atoms with Crippen LogP contribution in [0.1, 0.15) is 54.5 Å². The molecule has 0 aliphatic heterocycles. The Labute approximate surface area is 180 Å². The van der Waals surface area contributed by atoms with Crippen molar-refractivity contribution < 1.29 is 4.79 Å². The predicted octanol–water partition coefficient (Wildman–Crippen LogP) is 5.75. The van der Waals surface area contributed by atoms with Gasteiger partial charge in [-0.25, -0.2) is 0 Å². The highest BCUT2D eigenvalue weighted by Crippen LogP contribution is 2.25. The molecule has 2 aromatic carbocycles. The highest BCUT2D eigenvalue weighted by molar-refractivity contribution is 5.79. The maximum atomic E-state index is 13.4. The molecule has 30 heavy (non-hydrogen) atoms. The van der Waals surface area contributed by atoms with E-state index in [9.17, 15) is 4.79 Å². The van der Waals surface area contributed by atoms with Gasteiger partial charge in [0.1, 0.15) is 0 Å². The van der Waals surface area contributed by atoms with Crippen molar-refractivity contribution in [3.05, 3.63) is 95.3 Å². The summed E-state index contributed by atoms with van der Waals surface area (Å²) in [4.78, 5) is 15.5. The highest BCUT2D eigenvalue weighted by atomic mass is 16.2. The minimum Gasteiger partial charge on any atom is -0.345 e. The van der Waals surface area contributed by atoms with Crippen LogP contribution >= 0.6 is 0 Å². The highest BCUT2D eigenvalue weighted by Gasteiger charge is 2.26. The summed E-state index contributed by atoms with van der Waals surface area (Å²) in [5, 5.41) is 0. The fraction of sp³-hybridized carbons (Fsp3) is 0.370. The van der Waals surface area contributed by atoms with E-state index in [1.807, 2.05) is 18.2 Å². The molecule has 1 amide bonds. The molecule has 1 aromatic heterocycles. The topological polar surface area (TPSA) is 25.2 Å². The van der Waals surface area contributed by atoms with Crippen LogP contribution in [0.3, 0.4) is 0 Å². The van der Waals surface area contributed by atoms with E-state index in [0.29, 0.717) is 19.0 Å². The van der Waals surface area contributed by atoms with Crippen LogP contribution in [-0.2, 0) is 24.3 Å². The van der Waals surface area contributed by atoms with Crippen molar-refractivity contribution in [3.63, 3.8) is 0 Å². The summed E-state index contributed by atoms with van der Waals surface area (Å²) in [5.74, 6) is 0.247. The molecule has 0 bridgehead atoms. The third-order valence-corrected chi connectivity index (χ3v) is 6.23. The van der Waals surface area contributed by atoms with Crippen molar-refractivity contribution in [2.75, 3.05) is 0 Å². The molecule has 3 aromatic rings. The van der Waals surface area contributed by atoms with Gasteiger partial charge in [-0.3, -0.25) is 4.79 Å². The van der Waals surface area contributed by atoms with Crippen LogP contribution < -0.4 is 0 Å². The Balaban J connectivity index is 1.53. The third-order valence-electron chi connectivity index (χ3n) is 6.23. The molecule has 4 rings (SSSR count). The number of hydrogen-bond acceptors (Lipinski definition) is 1. The fourth-order valence-corrected chi connectivity index (χ4v) is 4.61. The first-order valence-electron chi connectivity index (χ1n) is 11.2. The van der Waals surface area contributed by atoms with Gasteiger partial charge in [0.15, 0.2) is 0 Å². The Hall–Kier alpha value is -2.81. The summed E-state index contributed by atoms with van der Waals surface area (Å²) in [7, 11) is 0. The van der Waals surface area contributed by atoms with Gasteiger partial charge in [-0.05, 0) is 43.0 Å². The average Bonchev–Trinajstić information content (AvgIpc) is 3.20. The summed E-state index contributed by atoms with van der Waals surface area (Å²) >= 11 is 0. The van der Waals surface area contributed by atoms with E-state index >= 15 is 0 Å². The van der Waals surface area contributed by atoms with Gasteiger partial charge in [0.05, 0.1) is 13.0 Å². The van der Waals surface area contributed by atoms with Crippen molar-refractivity contribution in [2.24, 2.45) is 0 Å². The fourth-order valence-electron chi connectivity index (χ4n) is 4.61. The molecule has 3 nitrogen and oxygen atoms in total. The maximum absolute atomic E-state index is 13.4. The van der Waals surface area contributed by atoms with E-state index in [0.717, 1.165) is 24.9 Å². The van der Waals surface area contributed by atoms with Crippen LogP contribution in [0.15, 0.2) is 72.9 Å². The number of aromatic nitrogens is 1. The first kappa shape index (κ1) is 20.5. The van der Waals surface area contributed by atoms with Crippen LogP contribution in [0.4, 0.5) is 0 Å². The molecule has 1 saturated carbocycles. The second kappa shape index (κ2) is 9.80. The van der Waals surface area contributed by atoms with Crippen LogP contribution in [0, 0.1) is 6.92 Å². The summed E-state index contributed by atoms with van der Waals surface area (Å²) in [6, 6.07) is 23.4. The average molecular weight is 401 g/mol. The zero-order chi connectivity index (χ0) is 20.8. The number of amides is 1. The second-order valence-corrected chi connectivity index (χ2v) is 8.59. The number of nitrogens with zero attached hydrogens (tertiary/aromatic N) is 2. The van der Waals surface area contributed by atoms with E-state index in [1.54, 1.807) is 0 Å². The zero-order valence-corrected chi connectivity index (χ0v) is 18.0. The Kier molecular flexibility index (Phi) is 6.68. The number of aryl methyl sites for hydroxylation is 1. The van der Waals surface area contributed by atoms with E-state index in [-0.39, 0.29) is 5.91 Å². The maximum Gasteiger partial charge on any atom is 0.227 e. The Bertz CT molecular complexity index is 954. The zero-order valence-electron chi connectivity index (χ0n) is 18.0. The lowest BCUT2D eigenvalue weighted by atomic mass is 9.93. The lowest BCUT2D eigenvalue weighted by Gasteiger charge is -2.35. The standard InChI is InChI=1S/C27H32N2O/c1-22-10-8-13-24(18-22)20-28-17-9-16-26(28)21-29(25-14-6-3-7-15-25)27(30)19-23-11-4-2-5-12-23/h2,4-5,8-13,16-18,25H,3,6-7,14-15,19-21H2,1H3. The third kappa shape index (κ3) is 5.21. The minimum atomic E-state index is 0.247. The van der Waals surface area contributed by atoms with Crippen molar-refractivity contribution in [1.29, 1.82) is 0 Å². The van der Waals surface area contributed by atoms with E-state index in [2.05, 4.69) is 71.1 Å². The smallest absolute Gasteiger partial charge is 0.227 e. The van der Waals surface area contributed by atoms with Gasteiger partial charge in [-0.15, -0.1) is 0 Å². The van der Waals surface area contributed by atoms with Crippen molar-refractivity contribution in [2.45, 2.75) is 64.6 Å². The van der Waals surface area contributed by atoms with Crippen LogP contribution in [0.5, 0.6) is 0 Å². The van der Waals surface area contributed by atoms with E-state index in [4.69, 9.17) is 0 Å². The summed E-state index contributed by atoms with van der Waals surface area (Å²) < 4.78 is 2.29. The van der Waals surface area contributed by atoms with Gasteiger partial charge < -0.3 is 9.47 Å². The molecule has 0 spiro atoms. The van der Waals surface area contributed by atoms with Crippen LogP contribution in [0.25, 0.3) is 0 Å². The van der Waals surface area contributed by atoms with Crippen molar-refractivity contribution in [1.82, 2.24) is 9.47 Å². The van der Waals surface area contributed by atoms with Gasteiger partial charge in [-0.1, -0.05) is 79.4 Å². The molecule has 1 aliphatic rings. The molecular formula is C27H32N2O. The molecule has 1 fully saturated rings. The number of hydrogen-bond donors (Lipinski definition) is 0. The second-order valence-electron chi connectivity index (χ2n) is 8.59. The number of carbonyl (C=O) groups is 1. The molecule has 1 heterocycles. The molecule has 0 atom stereocenters. The number of carbonyl (C=O) groups excluding carboxylic acids is 1. The number of benzene rings is 2. The van der Waals surface area contributed by atoms with Gasteiger partial charge in [0.25, 0.3) is 0 Å². The molecule has 156 valence electrons. The largest absolute Gasteiger partial charge is 0.345 e. The van der Waals surface area contributed by atoms with Crippen molar-refractivity contribution in [3.8, 4) is 0 Å². The van der Waals surface area contributed by atoms with Gasteiger partial charge in [0.2, 0.25) is 5.91 Å². The van der Waals surface area contributed by atoms with Crippen LogP contribution in [-0.4, -0.2) is 21.4 Å². The first-order chi connectivity index (χ1) is 14.7. The van der Waals surface area contributed by atoms with E-state index < -0.39 is 0 Å². The monoisotopic (exact) mass is 400 g/mol. The molecule has 0 radical (unpaired) electrons. The molecule has 3 heteroatoms. The summed E-state index contributed by atoms with van der Waals surface area (Å²) in [6.07, 6.45) is 8.61. The lowest BCUT2D eigenvalue weighted by Crippen LogP contribution is -2.42. The molecule has 0 N–H and O–H groups in total. The van der Waals surface area contributed by atoms with E-state index in [1.165, 1.54) is 36.1 Å². The minimum absolute atomic E-state index is 0.247. The normalized spacial score (nSPS) is 14.6. The summed E-state index contributed by atoms with van der Waals surface area (Å²) in [6.45, 7) is 3.66. The molecule has 1 aliphatic carbocycles. The van der Waals surface area contributed by atoms with Crippen molar-refractivity contribution >= 4 is 5.91 Å². The Morgan fingerprint density at radius 1 is 0.933 bits per heavy atom. The molecule has 0 saturated heterocycles. The molecule has 0 unspecified atom stereocenters. The molecular weight excluding hydrogens is 368 g/mol. The predicted molar refractivity (Wildman–Crippen MR) is 122 cm³/mol. The van der Waals surface area contributed by atoms with Gasteiger partial charge in [0, 0.05) is 24.5 Å².